The van der Waals surface area contributed by atoms with Gasteiger partial charge in [0.1, 0.15) is 0 Å². The van der Waals surface area contributed by atoms with Crippen molar-refractivity contribution in [1.82, 2.24) is 20.3 Å². The number of alkyl halides is 3. The predicted molar refractivity (Wildman–Crippen MR) is 132 cm³/mol. The zero-order valence-electron chi connectivity index (χ0n) is 20.3. The molecule has 1 aliphatic rings. The Morgan fingerprint density at radius 1 is 1.06 bits per heavy atom. The van der Waals surface area contributed by atoms with Crippen molar-refractivity contribution in [2.45, 2.75) is 38.9 Å². The van der Waals surface area contributed by atoms with E-state index in [0.29, 0.717) is 42.8 Å². The Morgan fingerprint density at radius 2 is 1.81 bits per heavy atom. The van der Waals surface area contributed by atoms with Crippen molar-refractivity contribution in [2.75, 3.05) is 30.4 Å². The number of amides is 1. The SMILES string of the molecule is CNc1nc(-c2ccccc2C)nc(N2CCC(CC(=O)NCc3cccc(C(F)(F)F)c3)CC2)n1. The van der Waals surface area contributed by atoms with E-state index >= 15 is 0 Å². The van der Waals surface area contributed by atoms with Crippen LogP contribution in [0.4, 0.5) is 25.1 Å². The molecule has 1 fully saturated rings. The molecular weight excluding hydrogens is 469 g/mol. The van der Waals surface area contributed by atoms with E-state index in [1.807, 2.05) is 31.2 Å². The second kappa shape index (κ2) is 10.9. The highest BCUT2D eigenvalue weighted by atomic mass is 19.4. The highest BCUT2D eigenvalue weighted by molar-refractivity contribution is 5.76. The van der Waals surface area contributed by atoms with Crippen LogP contribution in [-0.2, 0) is 17.5 Å². The maximum atomic E-state index is 12.9. The van der Waals surface area contributed by atoms with E-state index < -0.39 is 11.7 Å². The van der Waals surface area contributed by atoms with Crippen LogP contribution < -0.4 is 15.5 Å². The number of aryl methyl sites for hydroxylation is 1. The van der Waals surface area contributed by atoms with Crippen LogP contribution >= 0.6 is 0 Å². The van der Waals surface area contributed by atoms with Gasteiger partial charge in [0.15, 0.2) is 5.82 Å². The van der Waals surface area contributed by atoms with Crippen LogP contribution in [0.5, 0.6) is 0 Å². The first-order chi connectivity index (χ1) is 17.2. The lowest BCUT2D eigenvalue weighted by Gasteiger charge is -2.32. The number of rotatable bonds is 7. The molecule has 1 aliphatic heterocycles. The second-order valence-electron chi connectivity index (χ2n) is 8.96. The summed E-state index contributed by atoms with van der Waals surface area (Å²) in [5.74, 6) is 1.72. The fraction of sp³-hybridized carbons (Fsp3) is 0.385. The Hall–Kier alpha value is -3.69. The van der Waals surface area contributed by atoms with Crippen molar-refractivity contribution in [3.05, 3.63) is 65.2 Å². The Kier molecular flexibility index (Phi) is 7.71. The predicted octanol–water partition coefficient (Wildman–Crippen LogP) is 4.83. The minimum absolute atomic E-state index is 0.0704. The molecule has 0 bridgehead atoms. The number of hydrogen-bond acceptors (Lipinski definition) is 6. The highest BCUT2D eigenvalue weighted by Crippen LogP contribution is 2.30. The highest BCUT2D eigenvalue weighted by Gasteiger charge is 2.30. The molecule has 1 aromatic heterocycles. The maximum Gasteiger partial charge on any atom is 0.416 e. The van der Waals surface area contributed by atoms with Gasteiger partial charge in [-0.1, -0.05) is 36.4 Å². The van der Waals surface area contributed by atoms with Crippen LogP contribution in [0.25, 0.3) is 11.4 Å². The molecule has 2 aromatic carbocycles. The minimum Gasteiger partial charge on any atom is -0.357 e. The van der Waals surface area contributed by atoms with Crippen LogP contribution in [0, 0.1) is 12.8 Å². The number of carbonyl (C=O) groups excluding carboxylic acids is 1. The van der Waals surface area contributed by atoms with E-state index in [0.717, 1.165) is 36.1 Å². The number of benzene rings is 2. The van der Waals surface area contributed by atoms with Gasteiger partial charge in [0.25, 0.3) is 0 Å². The normalized spacial score (nSPS) is 14.5. The molecule has 2 heterocycles. The van der Waals surface area contributed by atoms with E-state index in [4.69, 9.17) is 4.98 Å². The summed E-state index contributed by atoms with van der Waals surface area (Å²) in [6, 6.07) is 12.9. The van der Waals surface area contributed by atoms with E-state index in [1.165, 1.54) is 6.07 Å². The van der Waals surface area contributed by atoms with Crippen LogP contribution in [0.2, 0.25) is 0 Å². The van der Waals surface area contributed by atoms with Gasteiger partial charge in [-0.25, -0.2) is 0 Å². The third-order valence-corrected chi connectivity index (χ3v) is 6.35. The molecule has 10 heteroatoms. The maximum absolute atomic E-state index is 12.9. The van der Waals surface area contributed by atoms with Crippen molar-refractivity contribution in [3.8, 4) is 11.4 Å². The molecule has 0 saturated carbocycles. The van der Waals surface area contributed by atoms with Gasteiger partial charge in [-0.2, -0.15) is 28.1 Å². The van der Waals surface area contributed by atoms with Crippen molar-refractivity contribution in [3.63, 3.8) is 0 Å². The van der Waals surface area contributed by atoms with Gasteiger partial charge in [0, 0.05) is 38.7 Å². The molecule has 1 amide bonds. The molecule has 0 atom stereocenters. The number of hydrogen-bond donors (Lipinski definition) is 2. The third-order valence-electron chi connectivity index (χ3n) is 6.35. The van der Waals surface area contributed by atoms with E-state index in [1.54, 1.807) is 13.1 Å². The van der Waals surface area contributed by atoms with Crippen molar-refractivity contribution < 1.29 is 18.0 Å². The fourth-order valence-electron chi connectivity index (χ4n) is 4.29. The lowest BCUT2D eigenvalue weighted by molar-refractivity contribution is -0.137. The number of carbonyl (C=O) groups is 1. The average molecular weight is 499 g/mol. The number of aromatic nitrogens is 3. The van der Waals surface area contributed by atoms with E-state index in [2.05, 4.69) is 25.5 Å². The number of halogens is 3. The number of piperidine rings is 1. The minimum atomic E-state index is -4.40. The quantitative estimate of drug-likeness (QED) is 0.486. The standard InChI is InChI=1S/C26H29F3N6O/c1-17-6-3-4-9-21(17)23-32-24(30-2)34-25(33-23)35-12-10-18(11-13-35)15-22(36)31-16-19-7-5-8-20(14-19)26(27,28)29/h3-9,14,18H,10-13,15-16H2,1-2H3,(H,31,36)(H,30,32,33,34). The van der Waals surface area contributed by atoms with E-state index in [9.17, 15) is 18.0 Å². The molecule has 3 aromatic rings. The molecule has 1 saturated heterocycles. The second-order valence-corrected chi connectivity index (χ2v) is 8.96. The van der Waals surface area contributed by atoms with Gasteiger partial charge in [0.2, 0.25) is 17.8 Å². The summed E-state index contributed by atoms with van der Waals surface area (Å²) in [5, 5.41) is 5.76. The Bertz CT molecular complexity index is 1210. The smallest absolute Gasteiger partial charge is 0.357 e. The first kappa shape index (κ1) is 25.4. The monoisotopic (exact) mass is 498 g/mol. The van der Waals surface area contributed by atoms with Gasteiger partial charge < -0.3 is 15.5 Å². The molecule has 0 spiro atoms. The summed E-state index contributed by atoms with van der Waals surface area (Å²) >= 11 is 0. The lowest BCUT2D eigenvalue weighted by Crippen LogP contribution is -2.37. The van der Waals surface area contributed by atoms with Crippen molar-refractivity contribution >= 4 is 17.8 Å². The zero-order valence-corrected chi connectivity index (χ0v) is 20.3. The Morgan fingerprint density at radius 3 is 2.50 bits per heavy atom. The fourth-order valence-corrected chi connectivity index (χ4v) is 4.29. The van der Waals surface area contributed by atoms with Crippen LogP contribution in [0.3, 0.4) is 0 Å². The molecule has 4 rings (SSSR count). The zero-order chi connectivity index (χ0) is 25.7. The Balaban J connectivity index is 1.33. The largest absolute Gasteiger partial charge is 0.416 e. The van der Waals surface area contributed by atoms with Gasteiger partial charge >= 0.3 is 6.18 Å². The number of anilines is 2. The third kappa shape index (κ3) is 6.30. The van der Waals surface area contributed by atoms with Gasteiger partial charge in [-0.05, 0) is 48.9 Å². The summed E-state index contributed by atoms with van der Waals surface area (Å²) in [4.78, 5) is 28.3. The molecule has 0 radical (unpaired) electrons. The first-order valence-electron chi connectivity index (χ1n) is 11.9. The van der Waals surface area contributed by atoms with Crippen molar-refractivity contribution in [2.24, 2.45) is 5.92 Å². The topological polar surface area (TPSA) is 83.0 Å². The summed E-state index contributed by atoms with van der Waals surface area (Å²) in [7, 11) is 1.77. The summed E-state index contributed by atoms with van der Waals surface area (Å²) in [5.41, 5.74) is 1.73. The molecule has 190 valence electrons. The molecule has 0 aliphatic carbocycles. The average Bonchev–Trinajstić information content (AvgIpc) is 2.87. The summed E-state index contributed by atoms with van der Waals surface area (Å²) < 4.78 is 38.7. The summed E-state index contributed by atoms with van der Waals surface area (Å²) in [6.45, 7) is 3.49. The molecular formula is C26H29F3N6O. The van der Waals surface area contributed by atoms with Gasteiger partial charge in [0.05, 0.1) is 5.56 Å². The summed E-state index contributed by atoms with van der Waals surface area (Å²) in [6.07, 6.45) is -2.49. The molecule has 36 heavy (non-hydrogen) atoms. The van der Waals surface area contributed by atoms with Crippen LogP contribution in [-0.4, -0.2) is 41.0 Å². The number of nitrogens with zero attached hydrogens (tertiary/aromatic N) is 4. The molecule has 0 unspecified atom stereocenters. The lowest BCUT2D eigenvalue weighted by atomic mass is 9.93. The van der Waals surface area contributed by atoms with Crippen LogP contribution in [0.15, 0.2) is 48.5 Å². The first-order valence-corrected chi connectivity index (χ1v) is 11.9. The van der Waals surface area contributed by atoms with Gasteiger partial charge in [-0.3, -0.25) is 4.79 Å². The molecule has 2 N–H and O–H groups in total. The number of nitrogens with one attached hydrogen (secondary N) is 2. The molecule has 7 nitrogen and oxygen atoms in total. The van der Waals surface area contributed by atoms with Gasteiger partial charge in [-0.15, -0.1) is 0 Å². The van der Waals surface area contributed by atoms with E-state index in [-0.39, 0.29) is 18.4 Å². The van der Waals surface area contributed by atoms with Crippen LogP contribution in [0.1, 0.15) is 36.0 Å². The van der Waals surface area contributed by atoms with Crippen molar-refractivity contribution in [1.29, 1.82) is 0 Å². The Labute approximate surface area is 208 Å².